The molecule has 0 N–H and O–H groups in total. The Morgan fingerprint density at radius 1 is 1.08 bits per heavy atom. The summed E-state index contributed by atoms with van der Waals surface area (Å²) in [7, 11) is 0. The molecule has 2 aromatic carbocycles. The monoisotopic (exact) mass is 347 g/mol. The molecule has 1 saturated heterocycles. The SMILES string of the molecule is Cc1nc2cc(C(=O)N3CCCC3)ccc2n(Cc2ccccc2)c1=O. The second-order valence-electron chi connectivity index (χ2n) is 6.78. The molecular formula is C21H21N3O2. The van der Waals surface area contributed by atoms with E-state index >= 15 is 0 Å². The second-order valence-corrected chi connectivity index (χ2v) is 6.78. The number of rotatable bonds is 3. The molecule has 132 valence electrons. The number of hydrogen-bond donors (Lipinski definition) is 0. The van der Waals surface area contributed by atoms with E-state index in [0.29, 0.717) is 23.3 Å². The molecule has 0 bridgehead atoms. The van der Waals surface area contributed by atoms with Crippen molar-refractivity contribution in [3.05, 3.63) is 75.7 Å². The number of aromatic nitrogens is 2. The normalized spacial score (nSPS) is 14.1. The first-order valence-corrected chi connectivity index (χ1v) is 8.98. The molecular weight excluding hydrogens is 326 g/mol. The van der Waals surface area contributed by atoms with E-state index in [2.05, 4.69) is 4.98 Å². The summed E-state index contributed by atoms with van der Waals surface area (Å²) < 4.78 is 1.73. The van der Waals surface area contributed by atoms with Gasteiger partial charge in [-0.05, 0) is 43.5 Å². The Kier molecular flexibility index (Phi) is 4.29. The zero-order chi connectivity index (χ0) is 18.1. The number of amides is 1. The standard InChI is InChI=1S/C21H21N3O2/c1-15-20(25)24(14-16-7-3-2-4-8-16)19-10-9-17(13-18(19)22-15)21(26)23-11-5-6-12-23/h2-4,7-10,13H,5-6,11-12,14H2,1H3. The van der Waals surface area contributed by atoms with Crippen molar-refractivity contribution in [1.82, 2.24) is 14.5 Å². The first-order valence-electron chi connectivity index (χ1n) is 8.98. The van der Waals surface area contributed by atoms with Gasteiger partial charge in [-0.2, -0.15) is 0 Å². The second kappa shape index (κ2) is 6.75. The Morgan fingerprint density at radius 2 is 1.81 bits per heavy atom. The summed E-state index contributed by atoms with van der Waals surface area (Å²) in [6.45, 7) is 3.84. The highest BCUT2D eigenvalue weighted by molar-refractivity contribution is 5.97. The minimum Gasteiger partial charge on any atom is -0.339 e. The van der Waals surface area contributed by atoms with E-state index in [-0.39, 0.29) is 11.5 Å². The van der Waals surface area contributed by atoms with E-state index in [4.69, 9.17) is 0 Å². The zero-order valence-electron chi connectivity index (χ0n) is 14.8. The van der Waals surface area contributed by atoms with Crippen molar-refractivity contribution in [3.8, 4) is 0 Å². The summed E-state index contributed by atoms with van der Waals surface area (Å²) in [5.74, 6) is 0.0460. The lowest BCUT2D eigenvalue weighted by atomic mass is 10.1. The number of fused-ring (bicyclic) bond motifs is 1. The van der Waals surface area contributed by atoms with Gasteiger partial charge in [0, 0.05) is 18.7 Å². The number of nitrogens with zero attached hydrogens (tertiary/aromatic N) is 3. The molecule has 0 radical (unpaired) electrons. The van der Waals surface area contributed by atoms with Crippen LogP contribution >= 0.6 is 0 Å². The number of carbonyl (C=O) groups is 1. The topological polar surface area (TPSA) is 55.2 Å². The summed E-state index contributed by atoms with van der Waals surface area (Å²) in [6, 6.07) is 15.3. The number of likely N-dealkylation sites (tertiary alicyclic amines) is 1. The van der Waals surface area contributed by atoms with Crippen molar-refractivity contribution in [3.63, 3.8) is 0 Å². The molecule has 0 saturated carbocycles. The van der Waals surface area contributed by atoms with Crippen molar-refractivity contribution >= 4 is 16.9 Å². The summed E-state index contributed by atoms with van der Waals surface area (Å²) in [5.41, 5.74) is 3.47. The van der Waals surface area contributed by atoms with Crippen LogP contribution in [0.4, 0.5) is 0 Å². The van der Waals surface area contributed by atoms with Gasteiger partial charge in [-0.25, -0.2) is 4.98 Å². The van der Waals surface area contributed by atoms with E-state index in [1.54, 1.807) is 17.6 Å². The van der Waals surface area contributed by atoms with E-state index < -0.39 is 0 Å². The largest absolute Gasteiger partial charge is 0.339 e. The van der Waals surface area contributed by atoms with E-state index in [1.165, 1.54) is 0 Å². The first-order chi connectivity index (χ1) is 12.6. The number of carbonyl (C=O) groups excluding carboxylic acids is 1. The lowest BCUT2D eigenvalue weighted by molar-refractivity contribution is 0.0793. The molecule has 1 aromatic heterocycles. The van der Waals surface area contributed by atoms with Gasteiger partial charge >= 0.3 is 0 Å². The smallest absolute Gasteiger partial charge is 0.272 e. The Morgan fingerprint density at radius 3 is 2.54 bits per heavy atom. The third kappa shape index (κ3) is 3.01. The van der Waals surface area contributed by atoms with Crippen LogP contribution in [0.25, 0.3) is 11.0 Å². The van der Waals surface area contributed by atoms with Gasteiger partial charge in [0.05, 0.1) is 17.6 Å². The Hall–Kier alpha value is -2.95. The molecule has 0 spiro atoms. The maximum absolute atomic E-state index is 12.6. The fraction of sp³-hybridized carbons (Fsp3) is 0.286. The van der Waals surface area contributed by atoms with Gasteiger partial charge in [-0.3, -0.25) is 9.59 Å². The summed E-state index contributed by atoms with van der Waals surface area (Å²) in [4.78, 5) is 31.6. The minimum atomic E-state index is -0.0972. The highest BCUT2D eigenvalue weighted by atomic mass is 16.2. The molecule has 5 heteroatoms. The van der Waals surface area contributed by atoms with Crippen molar-refractivity contribution in [2.45, 2.75) is 26.3 Å². The van der Waals surface area contributed by atoms with Crippen LogP contribution in [0.15, 0.2) is 53.3 Å². The Bertz CT molecular complexity index is 1020. The third-order valence-corrected chi connectivity index (χ3v) is 4.93. The van der Waals surface area contributed by atoms with Gasteiger partial charge in [0.15, 0.2) is 0 Å². The van der Waals surface area contributed by atoms with E-state index in [9.17, 15) is 9.59 Å². The van der Waals surface area contributed by atoms with E-state index in [1.807, 2.05) is 47.4 Å². The molecule has 26 heavy (non-hydrogen) atoms. The van der Waals surface area contributed by atoms with Crippen LogP contribution in [0, 0.1) is 6.92 Å². The maximum Gasteiger partial charge on any atom is 0.272 e. The number of benzene rings is 2. The van der Waals surface area contributed by atoms with Crippen LogP contribution in [0.2, 0.25) is 0 Å². The van der Waals surface area contributed by atoms with Crippen LogP contribution in [0.3, 0.4) is 0 Å². The molecule has 4 rings (SSSR count). The summed E-state index contributed by atoms with van der Waals surface area (Å²) >= 11 is 0. The zero-order valence-corrected chi connectivity index (χ0v) is 14.8. The number of aryl methyl sites for hydroxylation is 1. The molecule has 0 unspecified atom stereocenters. The predicted octanol–water partition coefficient (Wildman–Crippen LogP) is 2.99. The molecule has 1 amide bonds. The van der Waals surface area contributed by atoms with Gasteiger partial charge in [0.2, 0.25) is 0 Å². The molecule has 2 heterocycles. The van der Waals surface area contributed by atoms with Crippen LogP contribution < -0.4 is 5.56 Å². The number of hydrogen-bond acceptors (Lipinski definition) is 3. The lowest BCUT2D eigenvalue weighted by Crippen LogP contribution is -2.28. The van der Waals surface area contributed by atoms with Crippen molar-refractivity contribution in [2.75, 3.05) is 13.1 Å². The van der Waals surface area contributed by atoms with Crippen LogP contribution in [0.5, 0.6) is 0 Å². The quantitative estimate of drug-likeness (QED) is 0.732. The molecule has 1 aliphatic rings. The molecule has 0 atom stereocenters. The fourth-order valence-corrected chi connectivity index (χ4v) is 3.53. The predicted molar refractivity (Wildman–Crippen MR) is 101 cm³/mol. The average molecular weight is 347 g/mol. The van der Waals surface area contributed by atoms with Gasteiger partial charge in [0.1, 0.15) is 5.69 Å². The summed E-state index contributed by atoms with van der Waals surface area (Å²) in [5, 5.41) is 0. The summed E-state index contributed by atoms with van der Waals surface area (Å²) in [6.07, 6.45) is 2.13. The molecule has 5 nitrogen and oxygen atoms in total. The van der Waals surface area contributed by atoms with E-state index in [0.717, 1.165) is 37.0 Å². The lowest BCUT2D eigenvalue weighted by Gasteiger charge is -2.16. The van der Waals surface area contributed by atoms with Crippen molar-refractivity contribution < 1.29 is 4.79 Å². The molecule has 1 aliphatic heterocycles. The highest BCUT2D eigenvalue weighted by Gasteiger charge is 2.20. The molecule has 3 aromatic rings. The Balaban J connectivity index is 1.78. The highest BCUT2D eigenvalue weighted by Crippen LogP contribution is 2.18. The van der Waals surface area contributed by atoms with Gasteiger partial charge in [0.25, 0.3) is 11.5 Å². The van der Waals surface area contributed by atoms with Crippen LogP contribution in [-0.2, 0) is 6.54 Å². The van der Waals surface area contributed by atoms with Gasteiger partial charge < -0.3 is 9.47 Å². The molecule has 1 fully saturated rings. The first kappa shape index (κ1) is 16.5. The molecule has 0 aliphatic carbocycles. The van der Waals surface area contributed by atoms with Crippen LogP contribution in [-0.4, -0.2) is 33.4 Å². The Labute approximate surface area is 151 Å². The average Bonchev–Trinajstić information content (AvgIpc) is 3.20. The van der Waals surface area contributed by atoms with Gasteiger partial charge in [-0.15, -0.1) is 0 Å². The van der Waals surface area contributed by atoms with Crippen molar-refractivity contribution in [1.29, 1.82) is 0 Å². The van der Waals surface area contributed by atoms with Crippen LogP contribution in [0.1, 0.15) is 34.5 Å². The fourth-order valence-electron chi connectivity index (χ4n) is 3.53. The van der Waals surface area contributed by atoms with Crippen molar-refractivity contribution in [2.24, 2.45) is 0 Å². The minimum absolute atomic E-state index is 0.0460. The van der Waals surface area contributed by atoms with Gasteiger partial charge in [-0.1, -0.05) is 30.3 Å². The maximum atomic E-state index is 12.6. The third-order valence-electron chi connectivity index (χ3n) is 4.93.